The molecule has 1 fully saturated rings. The standard InChI is InChI=1S/C30H36ClN3O3S/c1-21-25(31)9-8-10-28(21)38(36,37)23-13-11-22(12-14-23)20-32-29(35)27-19-24-26(34-27)15-18-33-30(24)16-6-4-2-3-5-7-17-30/h8-14,19,33-34H,2-7,15-18,20H2,1H3,(H,32,35). The Kier molecular flexibility index (Phi) is 7.98. The molecule has 2 aromatic carbocycles. The van der Waals surface area contributed by atoms with Crippen molar-refractivity contribution in [3.63, 3.8) is 0 Å². The van der Waals surface area contributed by atoms with Crippen molar-refractivity contribution in [2.45, 2.75) is 86.6 Å². The van der Waals surface area contributed by atoms with E-state index in [0.717, 1.165) is 31.4 Å². The van der Waals surface area contributed by atoms with Crippen molar-refractivity contribution in [2.75, 3.05) is 6.54 Å². The zero-order valence-electron chi connectivity index (χ0n) is 21.9. The molecule has 0 unspecified atom stereocenters. The molecular weight excluding hydrogens is 518 g/mol. The lowest BCUT2D eigenvalue weighted by atomic mass is 9.78. The lowest BCUT2D eigenvalue weighted by Crippen LogP contribution is -2.47. The summed E-state index contributed by atoms with van der Waals surface area (Å²) in [6.07, 6.45) is 10.7. The van der Waals surface area contributed by atoms with Gasteiger partial charge in [0.25, 0.3) is 5.91 Å². The fourth-order valence-corrected chi connectivity index (χ4v) is 7.72. The fourth-order valence-electron chi connectivity index (χ4n) is 5.97. The van der Waals surface area contributed by atoms with Gasteiger partial charge in [-0.3, -0.25) is 4.79 Å². The Labute approximate surface area is 230 Å². The van der Waals surface area contributed by atoms with E-state index in [1.807, 2.05) is 0 Å². The Bertz CT molecular complexity index is 1400. The van der Waals surface area contributed by atoms with Crippen molar-refractivity contribution < 1.29 is 13.2 Å². The molecule has 38 heavy (non-hydrogen) atoms. The van der Waals surface area contributed by atoms with Gasteiger partial charge in [-0.2, -0.15) is 0 Å². The number of aromatic amines is 1. The number of nitrogens with one attached hydrogen (secondary N) is 3. The molecule has 1 spiro atoms. The van der Waals surface area contributed by atoms with Crippen LogP contribution in [0.5, 0.6) is 0 Å². The minimum absolute atomic E-state index is 0.0321. The summed E-state index contributed by atoms with van der Waals surface area (Å²) in [6.45, 7) is 2.94. The zero-order valence-corrected chi connectivity index (χ0v) is 23.5. The molecule has 5 rings (SSSR count). The Morgan fingerprint density at radius 2 is 1.68 bits per heavy atom. The highest BCUT2D eigenvalue weighted by Crippen LogP contribution is 2.39. The molecule has 8 heteroatoms. The predicted molar refractivity (Wildman–Crippen MR) is 150 cm³/mol. The van der Waals surface area contributed by atoms with Crippen LogP contribution in [-0.2, 0) is 28.3 Å². The second-order valence-corrected chi connectivity index (χ2v) is 13.0. The van der Waals surface area contributed by atoms with Crippen LogP contribution in [0.4, 0.5) is 0 Å². The van der Waals surface area contributed by atoms with E-state index in [9.17, 15) is 13.2 Å². The van der Waals surface area contributed by atoms with E-state index in [4.69, 9.17) is 11.6 Å². The van der Waals surface area contributed by atoms with Gasteiger partial charge in [0.2, 0.25) is 9.84 Å². The zero-order chi connectivity index (χ0) is 26.8. The topological polar surface area (TPSA) is 91.1 Å². The third-order valence-electron chi connectivity index (χ3n) is 8.15. The lowest BCUT2D eigenvalue weighted by Gasteiger charge is -2.39. The van der Waals surface area contributed by atoms with Crippen molar-refractivity contribution in [1.82, 2.24) is 15.6 Å². The van der Waals surface area contributed by atoms with Crippen LogP contribution in [0.3, 0.4) is 0 Å². The van der Waals surface area contributed by atoms with Crippen LogP contribution in [0.15, 0.2) is 58.3 Å². The van der Waals surface area contributed by atoms with E-state index in [-0.39, 0.29) is 21.2 Å². The number of rotatable bonds is 5. The Morgan fingerprint density at radius 1 is 1.00 bits per heavy atom. The van der Waals surface area contributed by atoms with E-state index in [2.05, 4.69) is 21.7 Å². The third kappa shape index (κ3) is 5.42. The van der Waals surface area contributed by atoms with Gasteiger partial charge in [-0.1, -0.05) is 68.3 Å². The summed E-state index contributed by atoms with van der Waals surface area (Å²) >= 11 is 6.14. The molecule has 3 N–H and O–H groups in total. The molecule has 6 nitrogen and oxygen atoms in total. The number of H-pyrrole nitrogens is 1. The molecule has 0 atom stereocenters. The molecular formula is C30H36ClN3O3S. The van der Waals surface area contributed by atoms with Gasteiger partial charge in [-0.25, -0.2) is 8.42 Å². The molecule has 1 saturated carbocycles. The van der Waals surface area contributed by atoms with Gasteiger partial charge in [0.1, 0.15) is 5.69 Å². The van der Waals surface area contributed by atoms with Gasteiger partial charge in [-0.05, 0) is 66.8 Å². The molecule has 1 amide bonds. The van der Waals surface area contributed by atoms with Crippen LogP contribution in [0.2, 0.25) is 5.02 Å². The first-order chi connectivity index (χ1) is 18.3. The molecule has 3 aromatic rings. The highest BCUT2D eigenvalue weighted by atomic mass is 35.5. The number of amides is 1. The molecule has 2 heterocycles. The van der Waals surface area contributed by atoms with E-state index < -0.39 is 9.84 Å². The van der Waals surface area contributed by atoms with Crippen LogP contribution in [0.1, 0.15) is 84.2 Å². The van der Waals surface area contributed by atoms with Gasteiger partial charge in [0.05, 0.1) is 9.79 Å². The number of halogens is 1. The highest BCUT2D eigenvalue weighted by Gasteiger charge is 2.37. The summed E-state index contributed by atoms with van der Waals surface area (Å²) in [4.78, 5) is 16.9. The fraction of sp³-hybridized carbons (Fsp3) is 0.433. The third-order valence-corrected chi connectivity index (χ3v) is 10.5. The molecule has 2 aliphatic rings. The second-order valence-electron chi connectivity index (χ2n) is 10.6. The first kappa shape index (κ1) is 27.0. The van der Waals surface area contributed by atoms with E-state index >= 15 is 0 Å². The minimum atomic E-state index is -3.69. The van der Waals surface area contributed by atoms with E-state index in [1.165, 1.54) is 49.8 Å². The van der Waals surface area contributed by atoms with Gasteiger partial charge in [-0.15, -0.1) is 0 Å². The summed E-state index contributed by atoms with van der Waals surface area (Å²) in [5.41, 5.74) is 4.36. The maximum atomic E-state index is 13.1. The normalized spacial score (nSPS) is 17.7. The van der Waals surface area contributed by atoms with Crippen molar-refractivity contribution >= 4 is 27.3 Å². The maximum Gasteiger partial charge on any atom is 0.267 e. The number of sulfone groups is 1. The van der Waals surface area contributed by atoms with Crippen molar-refractivity contribution in [1.29, 1.82) is 0 Å². The number of carbonyl (C=O) groups is 1. The first-order valence-corrected chi connectivity index (χ1v) is 15.5. The van der Waals surface area contributed by atoms with Crippen LogP contribution in [0, 0.1) is 6.92 Å². The lowest BCUT2D eigenvalue weighted by molar-refractivity contribution is 0.0946. The van der Waals surface area contributed by atoms with Crippen LogP contribution in [-0.4, -0.2) is 25.9 Å². The molecule has 202 valence electrons. The number of carbonyl (C=O) groups excluding carboxylic acids is 1. The Balaban J connectivity index is 1.28. The summed E-state index contributed by atoms with van der Waals surface area (Å²) < 4.78 is 26.2. The first-order valence-electron chi connectivity index (χ1n) is 13.6. The minimum Gasteiger partial charge on any atom is -0.354 e. The summed E-state index contributed by atoms with van der Waals surface area (Å²) in [5.74, 6) is -0.149. The predicted octanol–water partition coefficient (Wildman–Crippen LogP) is 6.21. The van der Waals surface area contributed by atoms with Crippen molar-refractivity contribution in [3.8, 4) is 0 Å². The van der Waals surface area contributed by atoms with Crippen molar-refractivity contribution in [2.24, 2.45) is 0 Å². The van der Waals surface area contributed by atoms with Crippen LogP contribution in [0.25, 0.3) is 0 Å². The van der Waals surface area contributed by atoms with E-state index in [0.29, 0.717) is 22.8 Å². The van der Waals surface area contributed by atoms with Gasteiger partial charge in [0, 0.05) is 35.8 Å². The van der Waals surface area contributed by atoms with Crippen molar-refractivity contribution in [3.05, 3.63) is 81.6 Å². The average molecular weight is 554 g/mol. The van der Waals surface area contributed by atoms with Crippen LogP contribution >= 0.6 is 11.6 Å². The summed E-state index contributed by atoms with van der Waals surface area (Å²) in [6, 6.07) is 13.6. The SMILES string of the molecule is Cc1c(Cl)cccc1S(=O)(=O)c1ccc(CNC(=O)c2cc3c([nH]2)CCNC32CCCCCCCC2)cc1. The molecule has 0 radical (unpaired) electrons. The second kappa shape index (κ2) is 11.2. The number of benzene rings is 2. The number of aromatic nitrogens is 1. The largest absolute Gasteiger partial charge is 0.354 e. The average Bonchev–Trinajstić information content (AvgIpc) is 3.40. The molecule has 1 aliphatic carbocycles. The molecule has 0 bridgehead atoms. The monoisotopic (exact) mass is 553 g/mol. The van der Waals surface area contributed by atoms with Gasteiger partial charge < -0.3 is 15.6 Å². The maximum absolute atomic E-state index is 13.1. The number of fused-ring (bicyclic) bond motifs is 2. The summed E-state index contributed by atoms with van der Waals surface area (Å²) in [7, 11) is -3.69. The van der Waals surface area contributed by atoms with E-state index in [1.54, 1.807) is 49.4 Å². The Morgan fingerprint density at radius 3 is 2.39 bits per heavy atom. The van der Waals surface area contributed by atoms with Gasteiger partial charge in [0.15, 0.2) is 0 Å². The quantitative estimate of drug-likeness (QED) is 0.350. The molecule has 0 saturated heterocycles. The highest BCUT2D eigenvalue weighted by molar-refractivity contribution is 7.91. The van der Waals surface area contributed by atoms with Gasteiger partial charge >= 0.3 is 0 Å². The summed E-state index contributed by atoms with van der Waals surface area (Å²) in [5, 5.41) is 7.24. The number of hydrogen-bond acceptors (Lipinski definition) is 4. The smallest absolute Gasteiger partial charge is 0.267 e. The van der Waals surface area contributed by atoms with Crippen LogP contribution < -0.4 is 10.6 Å². The number of hydrogen-bond donors (Lipinski definition) is 3. The Hall–Kier alpha value is -2.61. The molecule has 1 aromatic heterocycles. The molecule has 1 aliphatic heterocycles.